The van der Waals surface area contributed by atoms with Crippen molar-refractivity contribution in [1.82, 2.24) is 20.2 Å². The molecule has 4 heteroatoms. The highest BCUT2D eigenvalue weighted by Gasteiger charge is 2.08. The number of nitrogens with zero attached hydrogens (tertiary/aromatic N) is 3. The third-order valence-corrected chi connectivity index (χ3v) is 3.64. The van der Waals surface area contributed by atoms with E-state index in [4.69, 9.17) is 0 Å². The van der Waals surface area contributed by atoms with Gasteiger partial charge < -0.3 is 10.2 Å². The van der Waals surface area contributed by atoms with Gasteiger partial charge in [-0.15, -0.1) is 0 Å². The Morgan fingerprint density at radius 2 is 2.05 bits per heavy atom. The lowest BCUT2D eigenvalue weighted by molar-refractivity contribution is 0.238. The number of hydrogen-bond donors (Lipinski definition) is 1. The molecule has 1 aliphatic heterocycles. The maximum absolute atomic E-state index is 4.62. The molecule has 0 unspecified atom stereocenters. The zero-order valence-electron chi connectivity index (χ0n) is 11.2. The number of nitrogens with one attached hydrogen (secondary N) is 1. The van der Waals surface area contributed by atoms with Crippen LogP contribution in [-0.2, 0) is 6.42 Å². The predicted octanol–water partition coefficient (Wildman–Crippen LogP) is 1.47. The van der Waals surface area contributed by atoms with E-state index in [1.807, 2.05) is 6.07 Å². The van der Waals surface area contributed by atoms with Crippen LogP contribution in [0.1, 0.15) is 12.1 Å². The SMILES string of the molecule is c1cnc2nc(CCCN3CCNCC3)ccc2c1. The summed E-state index contributed by atoms with van der Waals surface area (Å²) in [4.78, 5) is 11.4. The molecule has 100 valence electrons. The van der Waals surface area contributed by atoms with Gasteiger partial charge in [0.15, 0.2) is 5.65 Å². The van der Waals surface area contributed by atoms with Gasteiger partial charge in [-0.2, -0.15) is 0 Å². The van der Waals surface area contributed by atoms with Gasteiger partial charge in [-0.05, 0) is 43.7 Å². The van der Waals surface area contributed by atoms with Gasteiger partial charge in [-0.25, -0.2) is 9.97 Å². The lowest BCUT2D eigenvalue weighted by atomic mass is 10.2. The van der Waals surface area contributed by atoms with E-state index < -0.39 is 0 Å². The van der Waals surface area contributed by atoms with Crippen molar-refractivity contribution in [2.24, 2.45) is 0 Å². The molecule has 3 rings (SSSR count). The standard InChI is InChI=1S/C15H20N4/c1-3-13-5-6-14(18-15(13)17-7-1)4-2-10-19-11-8-16-9-12-19/h1,3,5-7,16H,2,4,8-12H2. The first-order valence-electron chi connectivity index (χ1n) is 7.05. The fraction of sp³-hybridized carbons (Fsp3) is 0.467. The van der Waals surface area contributed by atoms with Crippen LogP contribution < -0.4 is 5.32 Å². The first-order chi connectivity index (χ1) is 9.42. The number of aryl methyl sites for hydroxylation is 1. The summed E-state index contributed by atoms with van der Waals surface area (Å²) in [6, 6.07) is 8.26. The Morgan fingerprint density at radius 3 is 2.95 bits per heavy atom. The Hall–Kier alpha value is -1.52. The molecule has 0 amide bonds. The molecule has 2 aromatic heterocycles. The molecule has 0 bridgehead atoms. The summed E-state index contributed by atoms with van der Waals surface area (Å²) in [6.07, 6.45) is 4.02. The molecule has 1 N–H and O–H groups in total. The molecule has 3 heterocycles. The van der Waals surface area contributed by atoms with Crippen LogP contribution >= 0.6 is 0 Å². The molecule has 0 spiro atoms. The zero-order chi connectivity index (χ0) is 12.9. The molecule has 4 nitrogen and oxygen atoms in total. The fourth-order valence-corrected chi connectivity index (χ4v) is 2.55. The number of aromatic nitrogens is 2. The number of pyridine rings is 2. The fourth-order valence-electron chi connectivity index (χ4n) is 2.55. The molecule has 0 aliphatic carbocycles. The Balaban J connectivity index is 1.56. The van der Waals surface area contributed by atoms with Crippen LogP contribution in [0.25, 0.3) is 11.0 Å². The van der Waals surface area contributed by atoms with Crippen LogP contribution in [0.4, 0.5) is 0 Å². The summed E-state index contributed by atoms with van der Waals surface area (Å²) in [5.41, 5.74) is 2.02. The van der Waals surface area contributed by atoms with Crippen LogP contribution in [-0.4, -0.2) is 47.6 Å². The third kappa shape index (κ3) is 3.28. The van der Waals surface area contributed by atoms with Crippen molar-refractivity contribution >= 4 is 11.0 Å². The third-order valence-electron chi connectivity index (χ3n) is 3.64. The van der Waals surface area contributed by atoms with E-state index in [0.29, 0.717) is 0 Å². The van der Waals surface area contributed by atoms with Gasteiger partial charge in [-0.3, -0.25) is 0 Å². The monoisotopic (exact) mass is 256 g/mol. The van der Waals surface area contributed by atoms with E-state index in [2.05, 4.69) is 38.4 Å². The van der Waals surface area contributed by atoms with Gasteiger partial charge in [0.1, 0.15) is 0 Å². The lowest BCUT2D eigenvalue weighted by Crippen LogP contribution is -2.43. The minimum Gasteiger partial charge on any atom is -0.314 e. The van der Waals surface area contributed by atoms with Gasteiger partial charge in [0.05, 0.1) is 0 Å². The first kappa shape index (κ1) is 12.5. The summed E-state index contributed by atoms with van der Waals surface area (Å²) in [7, 11) is 0. The Kier molecular flexibility index (Phi) is 4.01. The summed E-state index contributed by atoms with van der Waals surface area (Å²) >= 11 is 0. The molecule has 2 aromatic rings. The topological polar surface area (TPSA) is 41.1 Å². The number of fused-ring (bicyclic) bond motifs is 1. The van der Waals surface area contributed by atoms with Gasteiger partial charge in [-0.1, -0.05) is 0 Å². The number of piperazine rings is 1. The normalized spacial score (nSPS) is 16.8. The van der Waals surface area contributed by atoms with Crippen LogP contribution in [0.3, 0.4) is 0 Å². The predicted molar refractivity (Wildman–Crippen MR) is 77.2 cm³/mol. The second kappa shape index (κ2) is 6.08. The van der Waals surface area contributed by atoms with Crippen LogP contribution in [0.5, 0.6) is 0 Å². The van der Waals surface area contributed by atoms with Gasteiger partial charge in [0.25, 0.3) is 0 Å². The highest BCUT2D eigenvalue weighted by molar-refractivity contribution is 5.74. The van der Waals surface area contributed by atoms with Crippen LogP contribution in [0, 0.1) is 0 Å². The molecular weight excluding hydrogens is 236 g/mol. The first-order valence-corrected chi connectivity index (χ1v) is 7.05. The van der Waals surface area contributed by atoms with E-state index >= 15 is 0 Å². The van der Waals surface area contributed by atoms with Crippen molar-refractivity contribution in [2.75, 3.05) is 32.7 Å². The van der Waals surface area contributed by atoms with E-state index in [-0.39, 0.29) is 0 Å². The molecule has 1 fully saturated rings. The molecule has 0 aromatic carbocycles. The molecule has 0 atom stereocenters. The van der Waals surface area contributed by atoms with Crippen molar-refractivity contribution in [3.8, 4) is 0 Å². The van der Waals surface area contributed by atoms with Crippen molar-refractivity contribution in [2.45, 2.75) is 12.8 Å². The highest BCUT2D eigenvalue weighted by atomic mass is 15.2. The van der Waals surface area contributed by atoms with Crippen LogP contribution in [0.15, 0.2) is 30.5 Å². The minimum absolute atomic E-state index is 0.863. The average Bonchev–Trinajstić information content (AvgIpc) is 2.48. The average molecular weight is 256 g/mol. The largest absolute Gasteiger partial charge is 0.314 e. The van der Waals surface area contributed by atoms with Crippen LogP contribution in [0.2, 0.25) is 0 Å². The van der Waals surface area contributed by atoms with E-state index in [1.54, 1.807) is 6.20 Å². The van der Waals surface area contributed by atoms with E-state index in [1.165, 1.54) is 26.1 Å². The maximum Gasteiger partial charge on any atom is 0.159 e. The van der Waals surface area contributed by atoms with E-state index in [9.17, 15) is 0 Å². The summed E-state index contributed by atoms with van der Waals surface area (Å²) in [6.45, 7) is 5.76. The summed E-state index contributed by atoms with van der Waals surface area (Å²) in [5, 5.41) is 4.50. The summed E-state index contributed by atoms with van der Waals surface area (Å²) < 4.78 is 0. The summed E-state index contributed by atoms with van der Waals surface area (Å²) in [5.74, 6) is 0. The van der Waals surface area contributed by atoms with Gasteiger partial charge in [0, 0.05) is 43.5 Å². The Labute approximate surface area is 113 Å². The van der Waals surface area contributed by atoms with Gasteiger partial charge in [0.2, 0.25) is 0 Å². The molecule has 0 radical (unpaired) electrons. The van der Waals surface area contributed by atoms with E-state index in [0.717, 1.165) is 36.2 Å². The zero-order valence-corrected chi connectivity index (χ0v) is 11.2. The maximum atomic E-state index is 4.62. The molecule has 1 aliphatic rings. The second-order valence-electron chi connectivity index (χ2n) is 5.05. The quantitative estimate of drug-likeness (QED) is 0.899. The Bertz CT molecular complexity index is 534. The van der Waals surface area contributed by atoms with Gasteiger partial charge >= 0.3 is 0 Å². The Morgan fingerprint density at radius 1 is 1.16 bits per heavy atom. The molecular formula is C15H20N4. The minimum atomic E-state index is 0.863. The molecule has 19 heavy (non-hydrogen) atoms. The second-order valence-corrected chi connectivity index (χ2v) is 5.05. The molecule has 1 saturated heterocycles. The lowest BCUT2D eigenvalue weighted by Gasteiger charge is -2.26. The van der Waals surface area contributed by atoms with Crippen molar-refractivity contribution in [3.63, 3.8) is 0 Å². The van der Waals surface area contributed by atoms with Crippen molar-refractivity contribution in [3.05, 3.63) is 36.2 Å². The number of rotatable bonds is 4. The van der Waals surface area contributed by atoms with Crippen molar-refractivity contribution in [1.29, 1.82) is 0 Å². The number of hydrogen-bond acceptors (Lipinski definition) is 4. The van der Waals surface area contributed by atoms with Crippen molar-refractivity contribution < 1.29 is 0 Å². The smallest absolute Gasteiger partial charge is 0.159 e. The highest BCUT2D eigenvalue weighted by Crippen LogP contribution is 2.10. The molecule has 0 saturated carbocycles.